The van der Waals surface area contributed by atoms with E-state index < -0.39 is 0 Å². The molecule has 1 aromatic carbocycles. The van der Waals surface area contributed by atoms with Crippen molar-refractivity contribution in [3.8, 4) is 0 Å². The van der Waals surface area contributed by atoms with Crippen LogP contribution < -0.4 is 10.6 Å². The Labute approximate surface area is 166 Å². The molecule has 0 atom stereocenters. The van der Waals surface area contributed by atoms with E-state index in [9.17, 15) is 0 Å². The molecular formula is C19H22N8S. The average Bonchev–Trinajstić information content (AvgIpc) is 3.25. The van der Waals surface area contributed by atoms with Crippen molar-refractivity contribution in [1.82, 2.24) is 29.7 Å². The van der Waals surface area contributed by atoms with Gasteiger partial charge in [-0.05, 0) is 38.0 Å². The number of hydrogen-bond donors (Lipinski definition) is 2. The summed E-state index contributed by atoms with van der Waals surface area (Å²) in [6, 6.07) is 6.28. The molecule has 3 aromatic heterocycles. The Hall–Kier alpha value is -2.65. The molecule has 4 heterocycles. The van der Waals surface area contributed by atoms with E-state index in [1.807, 2.05) is 17.9 Å². The highest BCUT2D eigenvalue weighted by Crippen LogP contribution is 2.30. The number of imidazole rings is 1. The monoisotopic (exact) mass is 394 g/mol. The number of rotatable bonds is 3. The predicted molar refractivity (Wildman–Crippen MR) is 111 cm³/mol. The fourth-order valence-corrected chi connectivity index (χ4v) is 4.33. The summed E-state index contributed by atoms with van der Waals surface area (Å²) < 4.78 is 1.87. The molecule has 0 spiro atoms. The number of nitrogens with one attached hydrogen (secondary N) is 1. The largest absolute Gasteiger partial charge is 0.342 e. The summed E-state index contributed by atoms with van der Waals surface area (Å²) in [7, 11) is 1.95. The van der Waals surface area contributed by atoms with Crippen molar-refractivity contribution in [1.29, 1.82) is 0 Å². The molecule has 1 aliphatic heterocycles. The van der Waals surface area contributed by atoms with Crippen LogP contribution >= 0.6 is 11.8 Å². The predicted octanol–water partition coefficient (Wildman–Crippen LogP) is 2.71. The lowest BCUT2D eigenvalue weighted by molar-refractivity contribution is 0.362. The lowest BCUT2D eigenvalue weighted by atomic mass is 9.91. The molecule has 1 fully saturated rings. The second-order valence-electron chi connectivity index (χ2n) is 7.67. The van der Waals surface area contributed by atoms with Gasteiger partial charge < -0.3 is 15.6 Å². The normalized spacial score (nSPS) is 16.9. The highest BCUT2D eigenvalue weighted by atomic mass is 32.2. The van der Waals surface area contributed by atoms with Gasteiger partial charge in [-0.3, -0.25) is 4.68 Å². The van der Waals surface area contributed by atoms with Gasteiger partial charge in [-0.25, -0.2) is 9.97 Å². The van der Waals surface area contributed by atoms with Crippen molar-refractivity contribution < 1.29 is 0 Å². The van der Waals surface area contributed by atoms with Crippen LogP contribution in [0.25, 0.3) is 22.2 Å². The molecule has 0 bridgehead atoms. The van der Waals surface area contributed by atoms with Crippen molar-refractivity contribution in [2.24, 2.45) is 12.8 Å². The maximum atomic E-state index is 6.23. The first-order valence-electron chi connectivity index (χ1n) is 9.33. The standard InChI is InChI=1S/C19H22N8S/c1-19(20)5-7-27(8-6-19)18-24-16-17(25-18)23-15(11-21-16)28-13-3-4-14-12(9-13)10-22-26(14)2/h3-4,9-11H,5-8,20H2,1-2H3,(H,21,23,24,25). The van der Waals surface area contributed by atoms with Gasteiger partial charge >= 0.3 is 0 Å². The van der Waals surface area contributed by atoms with Crippen LogP contribution in [0.4, 0.5) is 5.95 Å². The molecule has 0 amide bonds. The first-order valence-corrected chi connectivity index (χ1v) is 10.1. The zero-order valence-corrected chi connectivity index (χ0v) is 16.7. The van der Waals surface area contributed by atoms with Crippen LogP contribution in [0.1, 0.15) is 19.8 Å². The lowest BCUT2D eigenvalue weighted by Crippen LogP contribution is -2.48. The molecule has 8 nitrogen and oxygen atoms in total. The zero-order valence-electron chi connectivity index (χ0n) is 15.9. The van der Waals surface area contributed by atoms with Crippen molar-refractivity contribution in [3.05, 3.63) is 30.6 Å². The first kappa shape index (κ1) is 17.4. The fraction of sp³-hybridized carbons (Fsp3) is 0.368. The molecular weight excluding hydrogens is 372 g/mol. The number of aromatic nitrogens is 6. The number of nitrogens with two attached hydrogens (primary N) is 1. The number of fused-ring (bicyclic) bond motifs is 2. The number of H-pyrrole nitrogens is 1. The molecule has 3 N–H and O–H groups in total. The summed E-state index contributed by atoms with van der Waals surface area (Å²) in [6.45, 7) is 3.89. The number of anilines is 1. The summed E-state index contributed by atoms with van der Waals surface area (Å²) >= 11 is 1.58. The minimum atomic E-state index is -0.0851. The van der Waals surface area contributed by atoms with Crippen LogP contribution in [0.5, 0.6) is 0 Å². The Bertz CT molecular complexity index is 1150. The minimum absolute atomic E-state index is 0.0851. The van der Waals surface area contributed by atoms with Crippen LogP contribution in [0.2, 0.25) is 0 Å². The van der Waals surface area contributed by atoms with E-state index in [1.165, 1.54) is 0 Å². The topological polar surface area (TPSA) is 102 Å². The minimum Gasteiger partial charge on any atom is -0.342 e. The Morgan fingerprint density at radius 3 is 2.82 bits per heavy atom. The van der Waals surface area contributed by atoms with Crippen molar-refractivity contribution >= 4 is 39.9 Å². The Morgan fingerprint density at radius 2 is 2.00 bits per heavy atom. The molecule has 0 radical (unpaired) electrons. The van der Waals surface area contributed by atoms with Crippen molar-refractivity contribution in [3.63, 3.8) is 0 Å². The van der Waals surface area contributed by atoms with E-state index in [1.54, 1.807) is 18.0 Å². The van der Waals surface area contributed by atoms with Gasteiger partial charge in [-0.15, -0.1) is 0 Å². The van der Waals surface area contributed by atoms with Gasteiger partial charge in [0.2, 0.25) is 5.95 Å². The molecule has 0 unspecified atom stereocenters. The second kappa shape index (κ2) is 6.46. The second-order valence-corrected chi connectivity index (χ2v) is 8.77. The van der Waals surface area contributed by atoms with E-state index in [0.29, 0.717) is 11.3 Å². The van der Waals surface area contributed by atoms with Gasteiger partial charge in [0.1, 0.15) is 5.03 Å². The third kappa shape index (κ3) is 3.20. The van der Waals surface area contributed by atoms with E-state index >= 15 is 0 Å². The van der Waals surface area contributed by atoms with Gasteiger partial charge in [0.05, 0.1) is 17.9 Å². The molecule has 1 aliphatic rings. The molecule has 28 heavy (non-hydrogen) atoms. The molecule has 144 valence electrons. The number of aryl methyl sites for hydroxylation is 1. The van der Waals surface area contributed by atoms with Gasteiger partial charge in [-0.2, -0.15) is 10.1 Å². The maximum Gasteiger partial charge on any atom is 0.206 e. The molecule has 4 aromatic rings. The van der Waals surface area contributed by atoms with Gasteiger partial charge in [-0.1, -0.05) is 11.8 Å². The SMILES string of the molecule is Cn1ncc2cc(Sc3cnc4nc(N5CCC(C)(N)CC5)[nH]c4n3)ccc21. The van der Waals surface area contributed by atoms with Crippen LogP contribution in [-0.4, -0.2) is 48.3 Å². The molecule has 9 heteroatoms. The third-order valence-electron chi connectivity index (χ3n) is 5.32. The van der Waals surface area contributed by atoms with Crippen LogP contribution in [-0.2, 0) is 7.05 Å². The number of benzene rings is 1. The summed E-state index contributed by atoms with van der Waals surface area (Å²) in [6.07, 6.45) is 5.55. The van der Waals surface area contributed by atoms with E-state index in [0.717, 1.165) is 52.7 Å². The number of hydrogen-bond acceptors (Lipinski definition) is 7. The highest BCUT2D eigenvalue weighted by molar-refractivity contribution is 7.99. The molecule has 5 rings (SSSR count). The average molecular weight is 395 g/mol. The zero-order chi connectivity index (χ0) is 19.3. The van der Waals surface area contributed by atoms with Gasteiger partial charge in [0.15, 0.2) is 11.3 Å². The highest BCUT2D eigenvalue weighted by Gasteiger charge is 2.27. The molecule has 0 saturated carbocycles. The summed E-state index contributed by atoms with van der Waals surface area (Å²) in [5.41, 5.74) is 8.61. The lowest BCUT2D eigenvalue weighted by Gasteiger charge is -2.36. The fourth-order valence-electron chi connectivity index (χ4n) is 3.52. The number of nitrogens with zero attached hydrogens (tertiary/aromatic N) is 6. The van der Waals surface area contributed by atoms with Gasteiger partial charge in [0, 0.05) is 36.0 Å². The van der Waals surface area contributed by atoms with E-state index in [2.05, 4.69) is 50.1 Å². The van der Waals surface area contributed by atoms with Gasteiger partial charge in [0.25, 0.3) is 0 Å². The number of aromatic amines is 1. The smallest absolute Gasteiger partial charge is 0.206 e. The quantitative estimate of drug-likeness (QED) is 0.551. The van der Waals surface area contributed by atoms with Crippen molar-refractivity contribution in [2.45, 2.75) is 35.2 Å². The summed E-state index contributed by atoms with van der Waals surface area (Å²) in [5.74, 6) is 0.824. The Kier molecular flexibility index (Phi) is 4.02. The summed E-state index contributed by atoms with van der Waals surface area (Å²) in [5, 5.41) is 6.24. The Morgan fingerprint density at radius 1 is 1.18 bits per heavy atom. The van der Waals surface area contributed by atoms with Crippen LogP contribution in [0.15, 0.2) is 40.5 Å². The maximum absolute atomic E-state index is 6.23. The van der Waals surface area contributed by atoms with E-state index in [-0.39, 0.29) is 5.54 Å². The molecule has 1 saturated heterocycles. The van der Waals surface area contributed by atoms with Crippen LogP contribution in [0.3, 0.4) is 0 Å². The van der Waals surface area contributed by atoms with Crippen LogP contribution in [0, 0.1) is 0 Å². The first-order chi connectivity index (χ1) is 13.5. The number of piperidine rings is 1. The van der Waals surface area contributed by atoms with Crippen molar-refractivity contribution in [2.75, 3.05) is 18.0 Å². The van der Waals surface area contributed by atoms with E-state index in [4.69, 9.17) is 10.7 Å². The Balaban J connectivity index is 1.38. The summed E-state index contributed by atoms with van der Waals surface area (Å²) in [4.78, 5) is 20.5. The molecule has 0 aliphatic carbocycles. The third-order valence-corrected chi connectivity index (χ3v) is 6.21.